The van der Waals surface area contributed by atoms with Gasteiger partial charge in [-0.3, -0.25) is 15.0 Å². The summed E-state index contributed by atoms with van der Waals surface area (Å²) in [6, 6.07) is 0. The fourth-order valence-electron chi connectivity index (χ4n) is 2.16. The van der Waals surface area contributed by atoms with Crippen LogP contribution in [-0.4, -0.2) is 63.7 Å². The molecule has 1 fully saturated rings. The molecule has 0 atom stereocenters. The Kier molecular flexibility index (Phi) is 4.49. The maximum atomic E-state index is 12.8. The molecule has 1 aliphatic heterocycles. The number of carbonyl (C=O) groups is 1. The quantitative estimate of drug-likeness (QED) is 0.861. The second-order valence-electron chi connectivity index (χ2n) is 4.76. The summed E-state index contributed by atoms with van der Waals surface area (Å²) in [6.07, 6.45) is 2.31. The van der Waals surface area contributed by atoms with E-state index in [0.717, 1.165) is 12.4 Å². The zero-order valence-corrected chi connectivity index (χ0v) is 12.5. The van der Waals surface area contributed by atoms with Gasteiger partial charge < -0.3 is 4.90 Å². The Labute approximate surface area is 130 Å². The lowest BCUT2D eigenvalue weighted by molar-refractivity contribution is -0.117. The molecular weight excluding hydrogens is 309 g/mol. The molecule has 116 valence electrons. The van der Waals surface area contributed by atoms with Gasteiger partial charge in [0.2, 0.25) is 17.0 Å². The number of anilines is 2. The topological polar surface area (TPSA) is 87.1 Å². The summed E-state index contributed by atoms with van der Waals surface area (Å²) >= 11 is 1.28. The SMILES string of the molecule is O=C(CN1CCN(c2ncc(F)cn2)CC1)Nc1nncs1. The zero-order chi connectivity index (χ0) is 15.4. The van der Waals surface area contributed by atoms with Gasteiger partial charge in [-0.05, 0) is 0 Å². The van der Waals surface area contributed by atoms with Crippen molar-refractivity contribution in [2.75, 3.05) is 42.9 Å². The Morgan fingerprint density at radius 2 is 2.00 bits per heavy atom. The first kappa shape index (κ1) is 14.7. The molecule has 0 saturated carbocycles. The van der Waals surface area contributed by atoms with E-state index < -0.39 is 5.82 Å². The number of hydrogen-bond acceptors (Lipinski definition) is 8. The first-order valence-corrected chi connectivity index (χ1v) is 7.59. The molecule has 22 heavy (non-hydrogen) atoms. The number of amides is 1. The molecule has 0 spiro atoms. The van der Waals surface area contributed by atoms with Crippen LogP contribution in [0.3, 0.4) is 0 Å². The van der Waals surface area contributed by atoms with Crippen LogP contribution < -0.4 is 10.2 Å². The first-order chi connectivity index (χ1) is 10.7. The maximum Gasteiger partial charge on any atom is 0.240 e. The Morgan fingerprint density at radius 1 is 1.27 bits per heavy atom. The third kappa shape index (κ3) is 3.71. The van der Waals surface area contributed by atoms with E-state index in [9.17, 15) is 9.18 Å². The van der Waals surface area contributed by atoms with E-state index in [4.69, 9.17) is 0 Å². The van der Waals surface area contributed by atoms with Gasteiger partial charge in [0.25, 0.3) is 0 Å². The number of hydrogen-bond donors (Lipinski definition) is 1. The maximum absolute atomic E-state index is 12.8. The highest BCUT2D eigenvalue weighted by atomic mass is 32.1. The van der Waals surface area contributed by atoms with Crippen molar-refractivity contribution >= 4 is 28.3 Å². The zero-order valence-electron chi connectivity index (χ0n) is 11.6. The Hall–Kier alpha value is -2.20. The smallest absolute Gasteiger partial charge is 0.240 e. The highest BCUT2D eigenvalue weighted by Gasteiger charge is 2.20. The summed E-state index contributed by atoms with van der Waals surface area (Å²) in [5, 5.41) is 10.6. The van der Waals surface area contributed by atoms with E-state index in [0.29, 0.717) is 43.8 Å². The molecule has 2 aromatic heterocycles. The van der Waals surface area contributed by atoms with Crippen LogP contribution in [0.15, 0.2) is 17.9 Å². The van der Waals surface area contributed by atoms with Gasteiger partial charge in [-0.1, -0.05) is 11.3 Å². The highest BCUT2D eigenvalue weighted by Crippen LogP contribution is 2.11. The molecule has 3 heterocycles. The van der Waals surface area contributed by atoms with E-state index >= 15 is 0 Å². The van der Waals surface area contributed by atoms with Crippen molar-refractivity contribution in [2.24, 2.45) is 0 Å². The molecule has 10 heteroatoms. The van der Waals surface area contributed by atoms with Crippen molar-refractivity contribution in [1.29, 1.82) is 0 Å². The molecule has 8 nitrogen and oxygen atoms in total. The molecule has 0 aliphatic carbocycles. The van der Waals surface area contributed by atoms with Crippen molar-refractivity contribution in [2.45, 2.75) is 0 Å². The van der Waals surface area contributed by atoms with E-state index in [-0.39, 0.29) is 5.91 Å². The standard InChI is InChI=1S/C12H14FN7OS/c13-9-5-14-11(15-6-9)20-3-1-19(2-4-20)7-10(21)17-12-18-16-8-22-12/h5-6,8H,1-4,7H2,(H,17,18,21). The number of rotatable bonds is 4. The van der Waals surface area contributed by atoms with Gasteiger partial charge in [0, 0.05) is 26.2 Å². The van der Waals surface area contributed by atoms with Crippen LogP contribution in [0.5, 0.6) is 0 Å². The molecule has 3 rings (SSSR count). The third-order valence-corrected chi connectivity index (χ3v) is 3.84. The van der Waals surface area contributed by atoms with Gasteiger partial charge in [0.15, 0.2) is 5.82 Å². The average molecular weight is 323 g/mol. The first-order valence-electron chi connectivity index (χ1n) is 6.71. The summed E-state index contributed by atoms with van der Waals surface area (Å²) in [4.78, 5) is 23.8. The Balaban J connectivity index is 1.47. The molecule has 1 saturated heterocycles. The summed E-state index contributed by atoms with van der Waals surface area (Å²) in [5.41, 5.74) is 1.57. The van der Waals surface area contributed by atoms with Crippen molar-refractivity contribution < 1.29 is 9.18 Å². The lowest BCUT2D eigenvalue weighted by Gasteiger charge is -2.34. The van der Waals surface area contributed by atoms with Gasteiger partial charge in [0.05, 0.1) is 18.9 Å². The predicted octanol–water partition coefficient (Wildman–Crippen LogP) is 0.228. The minimum absolute atomic E-state index is 0.108. The lowest BCUT2D eigenvalue weighted by Crippen LogP contribution is -2.49. The van der Waals surface area contributed by atoms with Crippen molar-refractivity contribution in [3.63, 3.8) is 0 Å². The highest BCUT2D eigenvalue weighted by molar-refractivity contribution is 7.13. The lowest BCUT2D eigenvalue weighted by atomic mass is 10.3. The van der Waals surface area contributed by atoms with Gasteiger partial charge in [-0.25, -0.2) is 14.4 Å². The van der Waals surface area contributed by atoms with Crippen LogP contribution in [0, 0.1) is 5.82 Å². The van der Waals surface area contributed by atoms with E-state index in [1.54, 1.807) is 5.51 Å². The van der Waals surface area contributed by atoms with Crippen LogP contribution >= 0.6 is 11.3 Å². The normalized spacial score (nSPS) is 15.8. The molecule has 1 aliphatic rings. The number of aromatic nitrogens is 4. The van der Waals surface area contributed by atoms with E-state index in [2.05, 4.69) is 25.5 Å². The second-order valence-corrected chi connectivity index (χ2v) is 5.59. The molecule has 2 aromatic rings. The van der Waals surface area contributed by atoms with E-state index in [1.807, 2.05) is 9.80 Å². The number of halogens is 1. The van der Waals surface area contributed by atoms with Crippen LogP contribution in [0.2, 0.25) is 0 Å². The van der Waals surface area contributed by atoms with Gasteiger partial charge in [0.1, 0.15) is 5.51 Å². The number of nitrogens with one attached hydrogen (secondary N) is 1. The van der Waals surface area contributed by atoms with Crippen molar-refractivity contribution in [3.05, 3.63) is 23.7 Å². The summed E-state index contributed by atoms with van der Waals surface area (Å²) < 4.78 is 12.8. The van der Waals surface area contributed by atoms with Crippen LogP contribution in [-0.2, 0) is 4.79 Å². The second kappa shape index (κ2) is 6.71. The molecule has 1 N–H and O–H groups in total. The van der Waals surface area contributed by atoms with Crippen molar-refractivity contribution in [3.8, 4) is 0 Å². The number of piperazine rings is 1. The fraction of sp³-hybridized carbons (Fsp3) is 0.417. The summed E-state index contributed by atoms with van der Waals surface area (Å²) in [7, 11) is 0. The van der Waals surface area contributed by atoms with Gasteiger partial charge in [-0.15, -0.1) is 10.2 Å². The molecule has 1 amide bonds. The van der Waals surface area contributed by atoms with E-state index in [1.165, 1.54) is 11.3 Å². The summed E-state index contributed by atoms with van der Waals surface area (Å²) in [6.45, 7) is 3.11. The van der Waals surface area contributed by atoms with Gasteiger partial charge >= 0.3 is 0 Å². The molecule has 0 unspecified atom stereocenters. The molecular formula is C12H14FN7OS. The molecule has 0 bridgehead atoms. The summed E-state index contributed by atoms with van der Waals surface area (Å²) in [5.74, 6) is -0.0432. The number of carbonyl (C=O) groups excluding carboxylic acids is 1. The Bertz CT molecular complexity index is 613. The largest absolute Gasteiger partial charge is 0.338 e. The van der Waals surface area contributed by atoms with Crippen LogP contribution in [0.25, 0.3) is 0 Å². The van der Waals surface area contributed by atoms with Crippen molar-refractivity contribution in [1.82, 2.24) is 25.1 Å². The average Bonchev–Trinajstić information content (AvgIpc) is 3.02. The van der Waals surface area contributed by atoms with Crippen LogP contribution in [0.1, 0.15) is 0 Å². The fourth-order valence-corrected chi connectivity index (χ4v) is 2.63. The third-order valence-electron chi connectivity index (χ3n) is 3.24. The molecule has 0 aromatic carbocycles. The van der Waals surface area contributed by atoms with Crippen LogP contribution in [0.4, 0.5) is 15.5 Å². The molecule has 0 radical (unpaired) electrons. The predicted molar refractivity (Wildman–Crippen MR) is 79.2 cm³/mol. The van der Waals surface area contributed by atoms with Gasteiger partial charge in [-0.2, -0.15) is 0 Å². The Morgan fingerprint density at radius 3 is 2.64 bits per heavy atom. The number of nitrogens with zero attached hydrogens (tertiary/aromatic N) is 6. The minimum Gasteiger partial charge on any atom is -0.338 e. The minimum atomic E-state index is -0.448. The monoisotopic (exact) mass is 323 g/mol.